The van der Waals surface area contributed by atoms with Gasteiger partial charge in [0.15, 0.2) is 9.84 Å². The van der Waals surface area contributed by atoms with Crippen LogP contribution in [0.1, 0.15) is 16.8 Å². The number of aliphatic carboxylic acids is 1. The van der Waals surface area contributed by atoms with Crippen LogP contribution in [0.15, 0.2) is 15.7 Å². The van der Waals surface area contributed by atoms with E-state index in [1.165, 1.54) is 23.5 Å². The molecule has 0 spiro atoms. The van der Waals surface area contributed by atoms with Crippen LogP contribution in [0.25, 0.3) is 0 Å². The number of hydrogen-bond acceptors (Lipinski definition) is 6. The Balaban J connectivity index is 2.26. The molecule has 1 fully saturated rings. The number of sulfone groups is 1. The van der Waals surface area contributed by atoms with Gasteiger partial charge < -0.3 is 14.7 Å². The zero-order chi connectivity index (χ0) is 15.8. The normalized spacial score (nSPS) is 22.5. The van der Waals surface area contributed by atoms with Gasteiger partial charge in [0.05, 0.1) is 11.7 Å². The van der Waals surface area contributed by atoms with Crippen LogP contribution in [0.5, 0.6) is 0 Å². The van der Waals surface area contributed by atoms with Crippen LogP contribution in [0.2, 0.25) is 0 Å². The van der Waals surface area contributed by atoms with Gasteiger partial charge in [0.25, 0.3) is 5.91 Å². The lowest BCUT2D eigenvalue weighted by Crippen LogP contribution is -2.40. The molecule has 0 aromatic carbocycles. The number of thiophene rings is 1. The highest BCUT2D eigenvalue weighted by molar-refractivity contribution is 7.92. The summed E-state index contributed by atoms with van der Waals surface area (Å²) in [7, 11) is -1.92. The minimum atomic E-state index is -3.38. The minimum Gasteiger partial charge on any atom is -0.480 e. The average molecular weight is 333 g/mol. The molecular weight excluding hydrogens is 318 g/mol. The van der Waals surface area contributed by atoms with Crippen molar-refractivity contribution in [2.24, 2.45) is 0 Å². The van der Waals surface area contributed by atoms with E-state index in [0.717, 1.165) is 17.6 Å². The van der Waals surface area contributed by atoms with Crippen molar-refractivity contribution in [3.63, 3.8) is 0 Å². The first kappa shape index (κ1) is 15.9. The summed E-state index contributed by atoms with van der Waals surface area (Å²) in [6, 6.07) is 0.325. The summed E-state index contributed by atoms with van der Waals surface area (Å²) in [5, 5.41) is 10.6. The number of carboxylic acid groups (broad SMARTS) is 1. The molecule has 1 aromatic rings. The number of ether oxygens (including phenoxy) is 1. The maximum Gasteiger partial charge on any atom is 0.326 e. The molecule has 116 valence electrons. The number of hydrogen-bond donors (Lipinski definition) is 1. The highest BCUT2D eigenvalue weighted by Crippen LogP contribution is 2.26. The van der Waals surface area contributed by atoms with Gasteiger partial charge in [0.2, 0.25) is 0 Å². The van der Waals surface area contributed by atoms with E-state index in [2.05, 4.69) is 0 Å². The minimum absolute atomic E-state index is 0.0835. The summed E-state index contributed by atoms with van der Waals surface area (Å²) in [5.74, 6) is -1.59. The van der Waals surface area contributed by atoms with Gasteiger partial charge in [-0.15, -0.1) is 11.3 Å². The van der Waals surface area contributed by atoms with E-state index in [1.54, 1.807) is 0 Å². The number of nitrogens with zero attached hydrogens (tertiary/aromatic N) is 1. The summed E-state index contributed by atoms with van der Waals surface area (Å²) < 4.78 is 28.1. The molecule has 0 aliphatic carbocycles. The predicted octanol–water partition coefficient (Wildman–Crippen LogP) is 0.466. The Kier molecular flexibility index (Phi) is 4.35. The largest absolute Gasteiger partial charge is 0.480 e. The third kappa shape index (κ3) is 3.25. The molecule has 1 aromatic heterocycles. The molecule has 1 aliphatic rings. The van der Waals surface area contributed by atoms with Gasteiger partial charge >= 0.3 is 5.97 Å². The van der Waals surface area contributed by atoms with Crippen LogP contribution in [-0.2, 0) is 19.4 Å². The number of carboxylic acids is 1. The molecular formula is C12H15NO6S2. The topological polar surface area (TPSA) is 101 Å². The summed E-state index contributed by atoms with van der Waals surface area (Å²) >= 11 is 0.946. The molecule has 21 heavy (non-hydrogen) atoms. The van der Waals surface area contributed by atoms with Crippen molar-refractivity contribution in [2.45, 2.75) is 22.8 Å². The maximum atomic E-state index is 12.4. The lowest BCUT2D eigenvalue weighted by atomic mass is 10.2. The first-order valence-electron chi connectivity index (χ1n) is 6.09. The molecule has 7 nitrogen and oxygen atoms in total. The van der Waals surface area contributed by atoms with Gasteiger partial charge in [0.1, 0.15) is 10.3 Å². The van der Waals surface area contributed by atoms with Crippen molar-refractivity contribution in [3.05, 3.63) is 17.0 Å². The average Bonchev–Trinajstić information content (AvgIpc) is 3.04. The van der Waals surface area contributed by atoms with Gasteiger partial charge in [-0.25, -0.2) is 13.2 Å². The molecule has 2 unspecified atom stereocenters. The molecule has 1 N–H and O–H groups in total. The van der Waals surface area contributed by atoms with Crippen LogP contribution in [0, 0.1) is 0 Å². The Labute approximate surface area is 126 Å². The number of carbonyl (C=O) groups is 2. The number of amides is 1. The highest BCUT2D eigenvalue weighted by Gasteiger charge is 2.40. The fourth-order valence-corrected chi connectivity index (χ4v) is 4.01. The van der Waals surface area contributed by atoms with Crippen molar-refractivity contribution in [1.82, 2.24) is 4.90 Å². The fourth-order valence-electron chi connectivity index (χ4n) is 2.22. The smallest absolute Gasteiger partial charge is 0.326 e. The first-order chi connectivity index (χ1) is 9.74. The molecule has 1 aliphatic heterocycles. The van der Waals surface area contributed by atoms with Crippen molar-refractivity contribution in [3.8, 4) is 0 Å². The number of methoxy groups -OCH3 is 1. The standard InChI is InChI=1S/C12H15NO6S2/c1-19-8-4-9(12(15)16)13(5-8)11(14)7-3-10(20-6-7)21(2,17)18/h3,6,8-9H,4-5H2,1-2H3,(H,15,16). The van der Waals surface area contributed by atoms with Gasteiger partial charge in [-0.05, 0) is 6.07 Å². The van der Waals surface area contributed by atoms with Crippen LogP contribution in [0.4, 0.5) is 0 Å². The molecule has 1 saturated heterocycles. The predicted molar refractivity (Wildman–Crippen MR) is 75.3 cm³/mol. The summed E-state index contributed by atoms with van der Waals surface area (Å²) in [6.07, 6.45) is 0.952. The lowest BCUT2D eigenvalue weighted by molar-refractivity contribution is -0.141. The Hall–Kier alpha value is -1.45. The molecule has 9 heteroatoms. The van der Waals surface area contributed by atoms with Gasteiger partial charge in [0, 0.05) is 31.7 Å². The molecule has 0 saturated carbocycles. The molecule has 1 amide bonds. The van der Waals surface area contributed by atoms with E-state index >= 15 is 0 Å². The van der Waals surface area contributed by atoms with Crippen LogP contribution < -0.4 is 0 Å². The first-order valence-corrected chi connectivity index (χ1v) is 8.86. The Morgan fingerprint density at radius 2 is 2.14 bits per heavy atom. The van der Waals surface area contributed by atoms with Gasteiger partial charge in [-0.1, -0.05) is 0 Å². The Morgan fingerprint density at radius 3 is 2.62 bits per heavy atom. The third-order valence-corrected chi connectivity index (χ3v) is 6.10. The van der Waals surface area contributed by atoms with E-state index in [1.807, 2.05) is 0 Å². The van der Waals surface area contributed by atoms with Crippen molar-refractivity contribution in [1.29, 1.82) is 0 Å². The van der Waals surface area contributed by atoms with Crippen LogP contribution in [0.3, 0.4) is 0 Å². The van der Waals surface area contributed by atoms with Crippen molar-refractivity contribution in [2.75, 3.05) is 19.9 Å². The quantitative estimate of drug-likeness (QED) is 0.859. The van der Waals surface area contributed by atoms with E-state index in [4.69, 9.17) is 4.74 Å². The van der Waals surface area contributed by atoms with E-state index < -0.39 is 27.8 Å². The van der Waals surface area contributed by atoms with Crippen molar-refractivity contribution >= 4 is 33.1 Å². The van der Waals surface area contributed by atoms with Gasteiger partial charge in [-0.3, -0.25) is 4.79 Å². The molecule has 2 atom stereocenters. The Morgan fingerprint density at radius 1 is 1.48 bits per heavy atom. The molecule has 0 radical (unpaired) electrons. The number of likely N-dealkylation sites (tertiary alicyclic amines) is 1. The maximum absolute atomic E-state index is 12.4. The van der Waals surface area contributed by atoms with Crippen LogP contribution in [-0.4, -0.2) is 62.4 Å². The van der Waals surface area contributed by atoms with Crippen molar-refractivity contribution < 1.29 is 27.9 Å². The molecule has 2 heterocycles. The van der Waals surface area contributed by atoms with Crippen LogP contribution >= 0.6 is 11.3 Å². The number of carbonyl (C=O) groups excluding carboxylic acids is 1. The second kappa shape index (κ2) is 5.74. The molecule has 2 rings (SSSR count). The monoisotopic (exact) mass is 333 g/mol. The van der Waals surface area contributed by atoms with E-state index in [9.17, 15) is 23.1 Å². The van der Waals surface area contributed by atoms with E-state index in [0.29, 0.717) is 0 Å². The molecule has 0 bridgehead atoms. The number of rotatable bonds is 4. The highest BCUT2D eigenvalue weighted by atomic mass is 32.2. The third-order valence-electron chi connectivity index (χ3n) is 3.33. The lowest BCUT2D eigenvalue weighted by Gasteiger charge is -2.20. The zero-order valence-corrected chi connectivity index (χ0v) is 13.1. The second-order valence-corrected chi connectivity index (χ2v) is 7.99. The Bertz CT molecular complexity index is 665. The summed E-state index contributed by atoms with van der Waals surface area (Å²) in [4.78, 5) is 24.8. The fraction of sp³-hybridized carbons (Fsp3) is 0.500. The second-order valence-electron chi connectivity index (χ2n) is 4.83. The summed E-state index contributed by atoms with van der Waals surface area (Å²) in [5.41, 5.74) is 0.184. The van der Waals surface area contributed by atoms with E-state index in [-0.39, 0.29) is 28.8 Å². The zero-order valence-electron chi connectivity index (χ0n) is 11.5. The SMILES string of the molecule is COC1CC(C(=O)O)N(C(=O)c2csc(S(C)(=O)=O)c2)C1. The van der Waals surface area contributed by atoms with Gasteiger partial charge in [-0.2, -0.15) is 0 Å². The summed E-state index contributed by atoms with van der Waals surface area (Å²) in [6.45, 7) is 0.177.